The van der Waals surface area contributed by atoms with Gasteiger partial charge in [-0.25, -0.2) is 0 Å². The Kier molecular flexibility index (Phi) is 56.8. The molecule has 0 aromatic carbocycles. The van der Waals surface area contributed by atoms with Gasteiger partial charge in [0.1, 0.15) is 6.61 Å². The fourth-order valence-corrected chi connectivity index (χ4v) is 9.50. The van der Waals surface area contributed by atoms with Crippen molar-refractivity contribution in [3.8, 4) is 0 Å². The van der Waals surface area contributed by atoms with Crippen LogP contribution in [0.1, 0.15) is 348 Å². The Balaban J connectivity index is 3.36. The maximum atomic E-state index is 12.3. The lowest BCUT2D eigenvalue weighted by Gasteiger charge is -2.15. The molecule has 1 N–H and O–H groups in total. The van der Waals surface area contributed by atoms with E-state index in [2.05, 4.69) is 26.0 Å². The molecule has 0 spiro atoms. The molecule has 5 nitrogen and oxygen atoms in total. The monoisotopic (exact) mass is 931 g/mol. The Labute approximate surface area is 413 Å². The van der Waals surface area contributed by atoms with Gasteiger partial charge in [0.2, 0.25) is 0 Å². The number of hydrogen-bond donors (Lipinski definition) is 1. The predicted molar refractivity (Wildman–Crippen MR) is 288 cm³/mol. The minimum atomic E-state index is -0.769. The van der Waals surface area contributed by atoms with Crippen LogP contribution < -0.4 is 0 Å². The van der Waals surface area contributed by atoms with Crippen LogP contribution >= 0.6 is 0 Å². The summed E-state index contributed by atoms with van der Waals surface area (Å²) in [5.74, 6) is -0.575. The highest BCUT2D eigenvalue weighted by Crippen LogP contribution is 2.18. The maximum Gasteiger partial charge on any atom is 0.306 e. The zero-order valence-electron chi connectivity index (χ0n) is 45.0. The summed E-state index contributed by atoms with van der Waals surface area (Å²) < 4.78 is 10.7. The number of allylic oxidation sites excluding steroid dienone is 2. The quantitative estimate of drug-likeness (QED) is 0.0374. The van der Waals surface area contributed by atoms with Crippen LogP contribution in [0.2, 0.25) is 0 Å². The van der Waals surface area contributed by atoms with E-state index in [4.69, 9.17) is 9.47 Å². The average molecular weight is 932 g/mol. The summed E-state index contributed by atoms with van der Waals surface area (Å²) in [4.78, 5) is 24.5. The van der Waals surface area contributed by atoms with Gasteiger partial charge in [0.15, 0.2) is 6.10 Å². The highest BCUT2D eigenvalue weighted by molar-refractivity contribution is 5.70. The van der Waals surface area contributed by atoms with Gasteiger partial charge >= 0.3 is 11.9 Å². The summed E-state index contributed by atoms with van der Waals surface area (Å²) in [6.45, 7) is 4.19. The molecule has 0 bridgehead atoms. The molecule has 0 heterocycles. The number of unbranched alkanes of at least 4 members (excludes halogenated alkanes) is 47. The van der Waals surface area contributed by atoms with E-state index < -0.39 is 6.10 Å². The Hall–Kier alpha value is -1.36. The molecule has 5 heteroatoms. The minimum absolute atomic E-state index is 0.0605. The minimum Gasteiger partial charge on any atom is -0.462 e. The smallest absolute Gasteiger partial charge is 0.306 e. The molecule has 0 saturated heterocycles. The normalized spacial score (nSPS) is 12.1. The second kappa shape index (κ2) is 58.0. The fraction of sp³-hybridized carbons (Fsp3) is 0.934. The molecule has 0 amide bonds. The summed E-state index contributed by atoms with van der Waals surface area (Å²) in [6, 6.07) is 0. The van der Waals surface area contributed by atoms with Gasteiger partial charge in [-0.2, -0.15) is 0 Å². The van der Waals surface area contributed by atoms with Crippen molar-refractivity contribution in [3.63, 3.8) is 0 Å². The topological polar surface area (TPSA) is 72.8 Å². The number of aliphatic hydroxyl groups excluding tert-OH is 1. The number of carbonyl (C=O) groups excluding carboxylic acids is 2. The van der Waals surface area contributed by atoms with Crippen LogP contribution in [0.4, 0.5) is 0 Å². The molecule has 66 heavy (non-hydrogen) atoms. The molecule has 392 valence electrons. The molecule has 0 rings (SSSR count). The zero-order chi connectivity index (χ0) is 47.7. The second-order valence-electron chi connectivity index (χ2n) is 20.8. The number of carbonyl (C=O) groups is 2. The van der Waals surface area contributed by atoms with Crippen molar-refractivity contribution >= 4 is 11.9 Å². The van der Waals surface area contributed by atoms with E-state index >= 15 is 0 Å². The van der Waals surface area contributed by atoms with Crippen molar-refractivity contribution in [1.29, 1.82) is 0 Å². The number of aliphatic hydroxyl groups is 1. The Bertz CT molecular complexity index is 963. The Morgan fingerprint density at radius 1 is 0.333 bits per heavy atom. The van der Waals surface area contributed by atoms with Crippen molar-refractivity contribution in [2.75, 3.05) is 13.2 Å². The average Bonchev–Trinajstić information content (AvgIpc) is 3.32. The van der Waals surface area contributed by atoms with Gasteiger partial charge in [-0.05, 0) is 38.5 Å². The highest BCUT2D eigenvalue weighted by atomic mass is 16.6. The lowest BCUT2D eigenvalue weighted by Crippen LogP contribution is -2.28. The molecular weight excluding hydrogens is 813 g/mol. The summed E-state index contributed by atoms with van der Waals surface area (Å²) >= 11 is 0. The first-order valence-corrected chi connectivity index (χ1v) is 30.2. The first-order chi connectivity index (χ1) is 32.6. The van der Waals surface area contributed by atoms with Crippen molar-refractivity contribution in [1.82, 2.24) is 0 Å². The SMILES string of the molecule is CCCCCCCC/C=C\CCCCCCCCCC(=O)OC(CO)COC(=O)CCCCCCCCCCCCCCCCCCCCCCCCCCCCCCCCCCCCC. The van der Waals surface area contributed by atoms with E-state index in [0.29, 0.717) is 12.8 Å². The summed E-state index contributed by atoms with van der Waals surface area (Å²) in [5.41, 5.74) is 0. The van der Waals surface area contributed by atoms with Gasteiger partial charge in [-0.1, -0.05) is 309 Å². The molecule has 1 unspecified atom stereocenters. The van der Waals surface area contributed by atoms with E-state index in [9.17, 15) is 14.7 Å². The third kappa shape index (κ3) is 55.2. The van der Waals surface area contributed by atoms with Gasteiger partial charge in [0.05, 0.1) is 6.61 Å². The van der Waals surface area contributed by atoms with Crippen LogP contribution in [-0.4, -0.2) is 36.4 Å². The lowest BCUT2D eigenvalue weighted by atomic mass is 10.0. The van der Waals surface area contributed by atoms with Crippen molar-refractivity contribution < 1.29 is 24.2 Å². The molecule has 1 atom stereocenters. The van der Waals surface area contributed by atoms with E-state index in [1.807, 2.05) is 0 Å². The van der Waals surface area contributed by atoms with Gasteiger partial charge in [-0.15, -0.1) is 0 Å². The van der Waals surface area contributed by atoms with Gasteiger partial charge in [-0.3, -0.25) is 9.59 Å². The van der Waals surface area contributed by atoms with Crippen LogP contribution in [0.15, 0.2) is 12.2 Å². The molecule has 0 aromatic rings. The molecule has 0 aromatic heterocycles. The first kappa shape index (κ1) is 64.6. The number of ether oxygens (including phenoxy) is 2. The highest BCUT2D eigenvalue weighted by Gasteiger charge is 2.16. The Morgan fingerprint density at radius 2 is 0.561 bits per heavy atom. The van der Waals surface area contributed by atoms with Crippen LogP contribution in [0, 0.1) is 0 Å². The molecular formula is C61H118O5. The second-order valence-corrected chi connectivity index (χ2v) is 20.8. The number of rotatable bonds is 57. The van der Waals surface area contributed by atoms with Crippen molar-refractivity contribution in [2.45, 2.75) is 354 Å². The molecule has 0 fully saturated rings. The summed E-state index contributed by atoms with van der Waals surface area (Å²) in [6.07, 6.45) is 72.2. The first-order valence-electron chi connectivity index (χ1n) is 30.2. The summed E-state index contributed by atoms with van der Waals surface area (Å²) in [7, 11) is 0. The molecule has 0 aliphatic carbocycles. The summed E-state index contributed by atoms with van der Waals surface area (Å²) in [5, 5.41) is 9.64. The number of esters is 2. The molecule has 0 radical (unpaired) electrons. The van der Waals surface area contributed by atoms with E-state index in [1.54, 1.807) is 0 Å². The van der Waals surface area contributed by atoms with Crippen LogP contribution in [0.25, 0.3) is 0 Å². The molecule has 0 aliphatic rings. The third-order valence-electron chi connectivity index (χ3n) is 14.1. The largest absolute Gasteiger partial charge is 0.462 e. The lowest BCUT2D eigenvalue weighted by molar-refractivity contribution is -0.161. The van der Waals surface area contributed by atoms with Crippen LogP contribution in [0.5, 0.6) is 0 Å². The van der Waals surface area contributed by atoms with Crippen molar-refractivity contribution in [2.24, 2.45) is 0 Å². The van der Waals surface area contributed by atoms with E-state index in [0.717, 1.165) is 32.1 Å². The van der Waals surface area contributed by atoms with Gasteiger partial charge in [0.25, 0.3) is 0 Å². The molecule has 0 aliphatic heterocycles. The van der Waals surface area contributed by atoms with Crippen LogP contribution in [-0.2, 0) is 19.1 Å². The number of hydrogen-bond acceptors (Lipinski definition) is 5. The van der Waals surface area contributed by atoms with E-state index in [-0.39, 0.29) is 25.2 Å². The van der Waals surface area contributed by atoms with Crippen LogP contribution in [0.3, 0.4) is 0 Å². The van der Waals surface area contributed by atoms with Gasteiger partial charge < -0.3 is 14.6 Å². The zero-order valence-corrected chi connectivity index (χ0v) is 45.0. The third-order valence-corrected chi connectivity index (χ3v) is 14.1. The van der Waals surface area contributed by atoms with Crippen molar-refractivity contribution in [3.05, 3.63) is 12.2 Å². The molecule has 0 saturated carbocycles. The fourth-order valence-electron chi connectivity index (χ4n) is 9.50. The van der Waals surface area contributed by atoms with Gasteiger partial charge in [0, 0.05) is 12.8 Å². The maximum absolute atomic E-state index is 12.3. The standard InChI is InChI=1S/C61H118O5/c1-3-5-7-9-11-13-15-17-19-21-22-23-24-25-26-27-28-29-30-31-32-33-34-35-36-37-38-40-41-43-45-47-49-51-53-55-60(63)65-58-59(57-62)66-61(64)56-54-52-50-48-46-44-42-39-20-18-16-14-12-10-8-6-4-2/h18,20,59,62H,3-17,19,21-58H2,1-2H3/b20-18-. The Morgan fingerprint density at radius 3 is 0.818 bits per heavy atom. The predicted octanol–water partition coefficient (Wildman–Crippen LogP) is 20.3. The van der Waals surface area contributed by atoms with E-state index in [1.165, 1.54) is 289 Å².